The summed E-state index contributed by atoms with van der Waals surface area (Å²) in [5, 5.41) is 0. The summed E-state index contributed by atoms with van der Waals surface area (Å²) in [6, 6.07) is 0. The standard InChI is InChI=1S/C69H126O6/c1-4-7-10-13-16-19-22-25-27-29-31-33-34-36-37-39-41-44-47-50-53-56-59-62-68(71)74-65-66(64-73-67(70)61-58-55-52-49-46-43-24-21-18-15-12-9-6-3)75-69(72)63-60-57-54-51-48-45-42-40-38-35-32-30-28-26-23-20-17-14-11-8-5-2/h9,12,18,21,29,31,43,46,66H,4-8,10-11,13-17,19-20,22-28,30,32-42,44-45,47-65H2,1-3H3/b12-9-,21-18-,31-29-,46-43-. The van der Waals surface area contributed by atoms with Crippen LogP contribution in [0.2, 0.25) is 0 Å². The molecule has 0 fully saturated rings. The van der Waals surface area contributed by atoms with Gasteiger partial charge in [0.05, 0.1) is 0 Å². The molecule has 0 saturated heterocycles. The maximum Gasteiger partial charge on any atom is 0.306 e. The zero-order valence-electron chi connectivity index (χ0n) is 50.3. The molecule has 0 spiro atoms. The van der Waals surface area contributed by atoms with Crippen molar-refractivity contribution in [3.05, 3.63) is 48.6 Å². The highest BCUT2D eigenvalue weighted by molar-refractivity contribution is 5.71. The van der Waals surface area contributed by atoms with Crippen molar-refractivity contribution in [2.75, 3.05) is 13.2 Å². The van der Waals surface area contributed by atoms with Crippen molar-refractivity contribution in [1.82, 2.24) is 0 Å². The van der Waals surface area contributed by atoms with Crippen molar-refractivity contribution in [1.29, 1.82) is 0 Å². The van der Waals surface area contributed by atoms with Crippen LogP contribution in [0.3, 0.4) is 0 Å². The van der Waals surface area contributed by atoms with Crippen LogP contribution in [0.1, 0.15) is 355 Å². The van der Waals surface area contributed by atoms with Crippen molar-refractivity contribution in [3.8, 4) is 0 Å². The average molecular weight is 1050 g/mol. The van der Waals surface area contributed by atoms with Crippen LogP contribution >= 0.6 is 0 Å². The second kappa shape index (κ2) is 63.9. The molecular formula is C69H126O6. The number of carbonyl (C=O) groups is 3. The normalized spacial score (nSPS) is 12.3. The molecule has 0 aliphatic heterocycles. The van der Waals surface area contributed by atoms with Gasteiger partial charge in [-0.15, -0.1) is 0 Å². The molecule has 0 rings (SSSR count). The first-order valence-electron chi connectivity index (χ1n) is 33.1. The smallest absolute Gasteiger partial charge is 0.306 e. The fourth-order valence-electron chi connectivity index (χ4n) is 9.87. The van der Waals surface area contributed by atoms with E-state index in [9.17, 15) is 14.4 Å². The maximum absolute atomic E-state index is 12.9. The van der Waals surface area contributed by atoms with E-state index in [0.29, 0.717) is 19.3 Å². The number of carbonyl (C=O) groups excluding carboxylic acids is 3. The first-order valence-corrected chi connectivity index (χ1v) is 33.1. The summed E-state index contributed by atoms with van der Waals surface area (Å²) in [4.78, 5) is 38.3. The number of esters is 3. The van der Waals surface area contributed by atoms with E-state index in [1.165, 1.54) is 231 Å². The molecule has 1 unspecified atom stereocenters. The minimum absolute atomic E-state index is 0.0792. The molecule has 0 heterocycles. The summed E-state index contributed by atoms with van der Waals surface area (Å²) in [6.45, 7) is 6.56. The minimum Gasteiger partial charge on any atom is -0.462 e. The SMILES string of the molecule is CC/C=C\C/C=C\C/C=C\CCCCCC(=O)OCC(COC(=O)CCCCCCCCCCCCC/C=C\CCCCCCCCCC)OC(=O)CCCCCCCCCCCCCCCCCCCCCCC. The Kier molecular flexibility index (Phi) is 61.7. The van der Waals surface area contributed by atoms with Crippen LogP contribution in [-0.4, -0.2) is 37.2 Å². The number of allylic oxidation sites excluding steroid dienone is 8. The molecule has 6 heteroatoms. The van der Waals surface area contributed by atoms with Gasteiger partial charge in [0.2, 0.25) is 0 Å². The summed E-state index contributed by atoms with van der Waals surface area (Å²) in [5.74, 6) is -0.888. The van der Waals surface area contributed by atoms with Crippen LogP contribution in [0.15, 0.2) is 48.6 Å². The highest BCUT2D eigenvalue weighted by Crippen LogP contribution is 2.18. The third kappa shape index (κ3) is 62.1. The Labute approximate surface area is 467 Å². The number of ether oxygens (including phenoxy) is 3. The van der Waals surface area contributed by atoms with Crippen molar-refractivity contribution < 1.29 is 28.6 Å². The van der Waals surface area contributed by atoms with Gasteiger partial charge in [0.25, 0.3) is 0 Å². The Morgan fingerprint density at radius 3 is 0.840 bits per heavy atom. The molecule has 0 aromatic heterocycles. The summed E-state index contributed by atoms with van der Waals surface area (Å²) in [7, 11) is 0. The second-order valence-corrected chi connectivity index (χ2v) is 22.4. The predicted molar refractivity (Wildman–Crippen MR) is 325 cm³/mol. The average Bonchev–Trinajstić information content (AvgIpc) is 3.41. The van der Waals surface area contributed by atoms with E-state index in [0.717, 1.165) is 83.5 Å². The number of hydrogen-bond acceptors (Lipinski definition) is 6. The first-order chi connectivity index (χ1) is 37.0. The number of hydrogen-bond donors (Lipinski definition) is 0. The predicted octanol–water partition coefficient (Wildman–Crippen LogP) is 22.6. The lowest BCUT2D eigenvalue weighted by molar-refractivity contribution is -0.167. The van der Waals surface area contributed by atoms with E-state index in [-0.39, 0.29) is 31.1 Å². The van der Waals surface area contributed by atoms with E-state index in [4.69, 9.17) is 14.2 Å². The Balaban J connectivity index is 4.28. The molecule has 0 radical (unpaired) electrons. The third-order valence-electron chi connectivity index (χ3n) is 14.8. The zero-order chi connectivity index (χ0) is 54.3. The van der Waals surface area contributed by atoms with Crippen LogP contribution in [0, 0.1) is 0 Å². The molecule has 75 heavy (non-hydrogen) atoms. The summed E-state index contributed by atoms with van der Waals surface area (Å²) in [6.07, 6.45) is 79.9. The first kappa shape index (κ1) is 72.4. The van der Waals surface area contributed by atoms with E-state index < -0.39 is 6.10 Å². The quantitative estimate of drug-likeness (QED) is 0.0261. The maximum atomic E-state index is 12.9. The van der Waals surface area contributed by atoms with Crippen molar-refractivity contribution >= 4 is 17.9 Å². The van der Waals surface area contributed by atoms with Gasteiger partial charge in [-0.05, 0) is 77.0 Å². The summed E-state index contributed by atoms with van der Waals surface area (Å²) < 4.78 is 16.9. The molecule has 0 N–H and O–H groups in total. The van der Waals surface area contributed by atoms with Gasteiger partial charge in [0.15, 0.2) is 6.10 Å². The molecular weight excluding hydrogens is 925 g/mol. The molecule has 6 nitrogen and oxygen atoms in total. The molecule has 0 aromatic rings. The van der Waals surface area contributed by atoms with Crippen LogP contribution in [0.4, 0.5) is 0 Å². The van der Waals surface area contributed by atoms with Crippen molar-refractivity contribution in [3.63, 3.8) is 0 Å². The molecule has 0 aliphatic carbocycles. The number of unbranched alkanes of at least 4 members (excludes halogenated alkanes) is 42. The van der Waals surface area contributed by atoms with Crippen LogP contribution in [0.5, 0.6) is 0 Å². The Morgan fingerprint density at radius 1 is 0.280 bits per heavy atom. The third-order valence-corrected chi connectivity index (χ3v) is 14.8. The van der Waals surface area contributed by atoms with Gasteiger partial charge in [-0.25, -0.2) is 0 Å². The van der Waals surface area contributed by atoms with Gasteiger partial charge in [-0.1, -0.05) is 307 Å². The monoisotopic (exact) mass is 1050 g/mol. The van der Waals surface area contributed by atoms with Crippen molar-refractivity contribution in [2.45, 2.75) is 361 Å². The van der Waals surface area contributed by atoms with Crippen LogP contribution < -0.4 is 0 Å². The molecule has 1 atom stereocenters. The topological polar surface area (TPSA) is 78.9 Å². The summed E-state index contributed by atoms with van der Waals surface area (Å²) in [5.41, 5.74) is 0. The van der Waals surface area contributed by atoms with Gasteiger partial charge in [-0.2, -0.15) is 0 Å². The van der Waals surface area contributed by atoms with Gasteiger partial charge < -0.3 is 14.2 Å². The lowest BCUT2D eigenvalue weighted by atomic mass is 10.0. The largest absolute Gasteiger partial charge is 0.462 e. The molecule has 0 amide bonds. The van der Waals surface area contributed by atoms with E-state index in [1.54, 1.807) is 0 Å². The number of rotatable bonds is 61. The van der Waals surface area contributed by atoms with E-state index in [2.05, 4.69) is 69.4 Å². The highest BCUT2D eigenvalue weighted by Gasteiger charge is 2.19. The van der Waals surface area contributed by atoms with E-state index in [1.807, 2.05) is 0 Å². The molecule has 438 valence electrons. The van der Waals surface area contributed by atoms with Crippen molar-refractivity contribution in [2.24, 2.45) is 0 Å². The molecule has 0 saturated carbocycles. The van der Waals surface area contributed by atoms with Gasteiger partial charge in [0, 0.05) is 19.3 Å². The van der Waals surface area contributed by atoms with Crippen LogP contribution in [0.25, 0.3) is 0 Å². The molecule has 0 bridgehead atoms. The van der Waals surface area contributed by atoms with Gasteiger partial charge >= 0.3 is 17.9 Å². The minimum atomic E-state index is -0.784. The Bertz CT molecular complexity index is 1300. The lowest BCUT2D eigenvalue weighted by Gasteiger charge is -2.18. The fraction of sp³-hybridized carbons (Fsp3) is 0.841. The zero-order valence-corrected chi connectivity index (χ0v) is 50.3. The fourth-order valence-corrected chi connectivity index (χ4v) is 9.87. The Morgan fingerprint density at radius 2 is 0.520 bits per heavy atom. The molecule has 0 aliphatic rings. The van der Waals surface area contributed by atoms with Gasteiger partial charge in [-0.3, -0.25) is 14.4 Å². The van der Waals surface area contributed by atoms with Crippen LogP contribution in [-0.2, 0) is 28.6 Å². The molecule has 0 aromatic carbocycles. The highest BCUT2D eigenvalue weighted by atomic mass is 16.6. The van der Waals surface area contributed by atoms with Gasteiger partial charge in [0.1, 0.15) is 13.2 Å². The van der Waals surface area contributed by atoms with E-state index >= 15 is 0 Å². The lowest BCUT2D eigenvalue weighted by Crippen LogP contribution is -2.30. The Hall–Kier alpha value is -2.63. The summed E-state index contributed by atoms with van der Waals surface area (Å²) >= 11 is 0. The second-order valence-electron chi connectivity index (χ2n) is 22.4.